The molecule has 7 heteroatoms. The minimum absolute atomic E-state index is 0. The van der Waals surface area contributed by atoms with Crippen LogP contribution in [0.4, 0.5) is 0 Å². The first kappa shape index (κ1) is 13.7. The Hall–Kier alpha value is -1.38. The summed E-state index contributed by atoms with van der Waals surface area (Å²) in [6.45, 7) is 0.426. The van der Waals surface area contributed by atoms with E-state index in [1.54, 1.807) is 4.90 Å². The monoisotopic (exact) mass is 346 g/mol. The van der Waals surface area contributed by atoms with Gasteiger partial charge in [-0.25, -0.2) is 4.99 Å². The van der Waals surface area contributed by atoms with E-state index in [4.69, 9.17) is 5.73 Å². The van der Waals surface area contributed by atoms with E-state index in [9.17, 15) is 0 Å². The number of nitrogens with zero attached hydrogens (tertiary/aromatic N) is 5. The lowest BCUT2D eigenvalue weighted by Gasteiger charge is -2.09. The second-order valence-corrected chi connectivity index (χ2v) is 3.61. The van der Waals surface area contributed by atoms with E-state index in [2.05, 4.69) is 15.2 Å². The van der Waals surface area contributed by atoms with Crippen molar-refractivity contribution in [1.29, 1.82) is 0 Å². The molecule has 0 aliphatic rings. The predicted molar refractivity (Wildman–Crippen MR) is 77.4 cm³/mol. The Kier molecular flexibility index (Phi) is 4.67. The average Bonchev–Trinajstić information content (AvgIpc) is 2.69. The summed E-state index contributed by atoms with van der Waals surface area (Å²) in [7, 11) is 3.70. The molecule has 2 heterocycles. The molecule has 2 aromatic heterocycles. The van der Waals surface area contributed by atoms with Gasteiger partial charge in [0.25, 0.3) is 0 Å². The van der Waals surface area contributed by atoms with Crippen LogP contribution in [0.15, 0.2) is 29.4 Å². The molecule has 2 N–H and O–H groups in total. The Balaban J connectivity index is 0.00000144. The van der Waals surface area contributed by atoms with Crippen LogP contribution < -0.4 is 5.73 Å². The maximum absolute atomic E-state index is 5.70. The number of hydrogen-bond acceptors (Lipinski definition) is 3. The Morgan fingerprint density at radius 2 is 2.18 bits per heavy atom. The van der Waals surface area contributed by atoms with Gasteiger partial charge in [-0.2, -0.15) is 0 Å². The van der Waals surface area contributed by atoms with Gasteiger partial charge in [0.1, 0.15) is 6.54 Å². The first-order valence-corrected chi connectivity index (χ1v) is 4.94. The highest BCUT2D eigenvalue weighted by atomic mass is 127. The third-order valence-electron chi connectivity index (χ3n) is 2.23. The van der Waals surface area contributed by atoms with Crippen molar-refractivity contribution < 1.29 is 0 Å². The smallest absolute Gasteiger partial charge is 0.191 e. The molecule has 0 fully saturated rings. The second kappa shape index (κ2) is 5.80. The molecule has 0 aliphatic heterocycles. The fourth-order valence-corrected chi connectivity index (χ4v) is 1.29. The lowest BCUT2D eigenvalue weighted by atomic mass is 10.4. The lowest BCUT2D eigenvalue weighted by molar-refractivity contribution is 0.607. The van der Waals surface area contributed by atoms with Gasteiger partial charge in [0.2, 0.25) is 0 Å². The van der Waals surface area contributed by atoms with Crippen molar-refractivity contribution in [2.75, 3.05) is 14.1 Å². The van der Waals surface area contributed by atoms with Crippen LogP contribution in [-0.4, -0.2) is 39.6 Å². The van der Waals surface area contributed by atoms with Gasteiger partial charge in [-0.3, -0.25) is 4.40 Å². The number of nitrogens with two attached hydrogens (primary N) is 1. The molecule has 17 heavy (non-hydrogen) atoms. The zero-order valence-electron chi connectivity index (χ0n) is 9.74. The van der Waals surface area contributed by atoms with E-state index < -0.39 is 0 Å². The molecule has 0 radical (unpaired) electrons. The zero-order valence-corrected chi connectivity index (χ0v) is 12.1. The molecular weight excluding hydrogens is 331 g/mol. The molecule has 2 rings (SSSR count). The summed E-state index contributed by atoms with van der Waals surface area (Å²) in [4.78, 5) is 5.97. The van der Waals surface area contributed by atoms with Crippen LogP contribution in [0.1, 0.15) is 5.82 Å². The summed E-state index contributed by atoms with van der Waals surface area (Å²) in [6, 6.07) is 5.75. The van der Waals surface area contributed by atoms with Crippen molar-refractivity contribution in [1.82, 2.24) is 19.5 Å². The molecule has 0 bridgehead atoms. The van der Waals surface area contributed by atoms with Crippen LogP contribution in [-0.2, 0) is 6.54 Å². The van der Waals surface area contributed by atoms with Gasteiger partial charge >= 0.3 is 0 Å². The minimum atomic E-state index is 0. The van der Waals surface area contributed by atoms with E-state index in [-0.39, 0.29) is 24.0 Å². The standard InChI is InChI=1S/C10H14N6.HI/c1-15(2)10(11)12-7-9-14-13-8-5-3-4-6-16(8)9;/h3-6H,7H2,1-2H3,(H2,11,12);1H. The van der Waals surface area contributed by atoms with Crippen molar-refractivity contribution in [2.45, 2.75) is 6.54 Å². The number of halogens is 1. The highest BCUT2D eigenvalue weighted by Crippen LogP contribution is 2.03. The number of rotatable bonds is 2. The summed E-state index contributed by atoms with van der Waals surface area (Å²) >= 11 is 0. The van der Waals surface area contributed by atoms with Gasteiger partial charge in [-0.05, 0) is 12.1 Å². The van der Waals surface area contributed by atoms with E-state index in [0.717, 1.165) is 11.5 Å². The number of hydrogen-bond donors (Lipinski definition) is 1. The summed E-state index contributed by atoms with van der Waals surface area (Å²) in [5, 5.41) is 8.09. The summed E-state index contributed by atoms with van der Waals surface area (Å²) in [6.07, 6.45) is 1.91. The molecule has 0 aliphatic carbocycles. The van der Waals surface area contributed by atoms with Crippen LogP contribution in [0.2, 0.25) is 0 Å². The van der Waals surface area contributed by atoms with Crippen LogP contribution in [0, 0.1) is 0 Å². The molecule has 6 nitrogen and oxygen atoms in total. The molecule has 0 amide bonds. The Morgan fingerprint density at radius 3 is 2.88 bits per heavy atom. The topological polar surface area (TPSA) is 71.8 Å². The third-order valence-corrected chi connectivity index (χ3v) is 2.23. The number of aromatic nitrogens is 3. The Bertz CT molecular complexity index is 518. The highest BCUT2D eigenvalue weighted by Gasteiger charge is 2.03. The summed E-state index contributed by atoms with van der Waals surface area (Å²) < 4.78 is 1.90. The van der Waals surface area contributed by atoms with Crippen LogP contribution in [0.3, 0.4) is 0 Å². The van der Waals surface area contributed by atoms with Crippen LogP contribution in [0.5, 0.6) is 0 Å². The van der Waals surface area contributed by atoms with E-state index in [1.165, 1.54) is 0 Å². The van der Waals surface area contributed by atoms with Crippen molar-refractivity contribution in [3.63, 3.8) is 0 Å². The maximum atomic E-state index is 5.70. The second-order valence-electron chi connectivity index (χ2n) is 3.61. The molecule has 0 atom stereocenters. The molecular formula is C10H15IN6. The van der Waals surface area contributed by atoms with Gasteiger partial charge in [0, 0.05) is 20.3 Å². The van der Waals surface area contributed by atoms with Crippen LogP contribution >= 0.6 is 24.0 Å². The van der Waals surface area contributed by atoms with E-state index >= 15 is 0 Å². The molecule has 0 saturated heterocycles. The molecule has 0 unspecified atom stereocenters. The third kappa shape index (κ3) is 3.05. The van der Waals surface area contributed by atoms with Gasteiger partial charge in [-0.15, -0.1) is 34.2 Å². The molecule has 0 aromatic carbocycles. The van der Waals surface area contributed by atoms with Gasteiger partial charge in [0.05, 0.1) is 0 Å². The molecule has 0 spiro atoms. The largest absolute Gasteiger partial charge is 0.370 e. The fraction of sp³-hybridized carbons (Fsp3) is 0.300. The average molecular weight is 346 g/mol. The number of aliphatic imine (C=N–C) groups is 1. The van der Waals surface area contributed by atoms with Gasteiger partial charge in [0.15, 0.2) is 17.4 Å². The lowest BCUT2D eigenvalue weighted by Crippen LogP contribution is -2.30. The van der Waals surface area contributed by atoms with Gasteiger partial charge in [-0.1, -0.05) is 6.07 Å². The molecule has 92 valence electrons. The SMILES string of the molecule is CN(C)C(N)=NCc1nnc2ccccn12.I. The summed E-state index contributed by atoms with van der Waals surface area (Å²) in [5.74, 6) is 1.26. The number of pyridine rings is 1. The van der Waals surface area contributed by atoms with Crippen LogP contribution in [0.25, 0.3) is 5.65 Å². The minimum Gasteiger partial charge on any atom is -0.370 e. The van der Waals surface area contributed by atoms with E-state index in [1.807, 2.05) is 42.9 Å². The fourth-order valence-electron chi connectivity index (χ4n) is 1.29. The molecule has 0 saturated carbocycles. The van der Waals surface area contributed by atoms with Crippen molar-refractivity contribution in [3.05, 3.63) is 30.2 Å². The Labute approximate surface area is 117 Å². The van der Waals surface area contributed by atoms with Crippen molar-refractivity contribution in [3.8, 4) is 0 Å². The first-order chi connectivity index (χ1) is 7.68. The number of guanidine groups is 1. The summed E-state index contributed by atoms with van der Waals surface area (Å²) in [5.41, 5.74) is 6.51. The van der Waals surface area contributed by atoms with E-state index in [0.29, 0.717) is 12.5 Å². The predicted octanol–water partition coefficient (Wildman–Crippen LogP) is 0.724. The maximum Gasteiger partial charge on any atom is 0.191 e. The first-order valence-electron chi connectivity index (χ1n) is 4.94. The zero-order chi connectivity index (χ0) is 11.5. The highest BCUT2D eigenvalue weighted by molar-refractivity contribution is 14.0. The van der Waals surface area contributed by atoms with Gasteiger partial charge < -0.3 is 10.6 Å². The quantitative estimate of drug-likeness (QED) is 0.494. The van der Waals surface area contributed by atoms with Crippen molar-refractivity contribution >= 4 is 35.6 Å². The number of fused-ring (bicyclic) bond motifs is 1. The van der Waals surface area contributed by atoms with Crippen molar-refractivity contribution in [2.24, 2.45) is 10.7 Å². The normalized spacial score (nSPS) is 11.3. The molecule has 2 aromatic rings. The Morgan fingerprint density at radius 1 is 1.41 bits per heavy atom.